The number of methoxy groups -OCH3 is 1. The number of ether oxygens (including phenoxy) is 2. The Bertz CT molecular complexity index is 157. The van der Waals surface area contributed by atoms with Crippen LogP contribution in [0, 0.1) is 5.92 Å². The smallest absolute Gasteiger partial charge is 0.308 e. The van der Waals surface area contributed by atoms with E-state index in [0.717, 1.165) is 6.42 Å². The summed E-state index contributed by atoms with van der Waals surface area (Å²) in [5.41, 5.74) is 0. The molecule has 0 amide bonds. The van der Waals surface area contributed by atoms with Crippen LogP contribution in [0.4, 0.5) is 0 Å². The number of hydrogen-bond acceptors (Lipinski definition) is 3. The van der Waals surface area contributed by atoms with E-state index in [2.05, 4.69) is 0 Å². The molecule has 4 nitrogen and oxygen atoms in total. The maximum absolute atomic E-state index is 10.6. The third-order valence-electron chi connectivity index (χ3n) is 2.13. The van der Waals surface area contributed by atoms with Gasteiger partial charge in [-0.25, -0.2) is 0 Å². The van der Waals surface area contributed by atoms with E-state index in [1.54, 1.807) is 7.11 Å². The van der Waals surface area contributed by atoms with Gasteiger partial charge in [-0.2, -0.15) is 0 Å². The molecule has 4 heteroatoms. The van der Waals surface area contributed by atoms with Crippen LogP contribution in [-0.2, 0) is 14.3 Å². The van der Waals surface area contributed by atoms with Gasteiger partial charge in [0, 0.05) is 13.7 Å². The summed E-state index contributed by atoms with van der Waals surface area (Å²) in [6.07, 6.45) is 1.39. The van der Waals surface area contributed by atoms with Gasteiger partial charge in [0.25, 0.3) is 0 Å². The van der Waals surface area contributed by atoms with Crippen molar-refractivity contribution in [2.45, 2.75) is 18.9 Å². The molecule has 0 saturated carbocycles. The van der Waals surface area contributed by atoms with Gasteiger partial charge in [-0.3, -0.25) is 4.79 Å². The second-order valence-electron chi connectivity index (χ2n) is 2.99. The lowest BCUT2D eigenvalue weighted by atomic mass is 10.0. The molecule has 0 aromatic carbocycles. The zero-order valence-electron chi connectivity index (χ0n) is 7.16. The molecule has 1 N–H and O–H groups in total. The fourth-order valence-corrected chi connectivity index (χ4v) is 1.33. The summed E-state index contributed by atoms with van der Waals surface area (Å²) in [6.45, 7) is 0.914. The van der Waals surface area contributed by atoms with Gasteiger partial charge in [0.2, 0.25) is 0 Å². The molecule has 0 unspecified atom stereocenters. The van der Waals surface area contributed by atoms with E-state index in [9.17, 15) is 4.79 Å². The first-order chi connectivity index (χ1) is 5.74. The summed E-state index contributed by atoms with van der Waals surface area (Å²) in [5.74, 6) is -1.20. The first-order valence-electron chi connectivity index (χ1n) is 4.07. The summed E-state index contributed by atoms with van der Waals surface area (Å²) >= 11 is 0. The maximum atomic E-state index is 10.6. The van der Waals surface area contributed by atoms with Gasteiger partial charge < -0.3 is 14.6 Å². The molecule has 1 heterocycles. The predicted octanol–water partition coefficient (Wildman–Crippen LogP) is 0.513. The molecule has 0 radical (unpaired) electrons. The Morgan fingerprint density at radius 1 is 1.67 bits per heavy atom. The third-order valence-corrected chi connectivity index (χ3v) is 2.13. The molecule has 12 heavy (non-hydrogen) atoms. The number of carbonyl (C=O) groups is 1. The fraction of sp³-hybridized carbons (Fsp3) is 0.875. The van der Waals surface area contributed by atoms with E-state index in [1.807, 2.05) is 0 Å². The van der Waals surface area contributed by atoms with Crippen molar-refractivity contribution in [3.63, 3.8) is 0 Å². The van der Waals surface area contributed by atoms with E-state index in [-0.39, 0.29) is 6.10 Å². The molecule has 0 bridgehead atoms. The van der Waals surface area contributed by atoms with Crippen LogP contribution in [0.1, 0.15) is 12.8 Å². The van der Waals surface area contributed by atoms with Gasteiger partial charge >= 0.3 is 5.97 Å². The number of hydrogen-bond donors (Lipinski definition) is 1. The highest BCUT2D eigenvalue weighted by molar-refractivity contribution is 5.70. The Hall–Kier alpha value is -0.610. The van der Waals surface area contributed by atoms with Crippen molar-refractivity contribution in [2.75, 3.05) is 20.3 Å². The van der Waals surface area contributed by atoms with E-state index >= 15 is 0 Å². The third kappa shape index (κ3) is 2.46. The Balaban J connectivity index is 2.47. The average Bonchev–Trinajstić information content (AvgIpc) is 2.28. The molecule has 0 aromatic rings. The predicted molar refractivity (Wildman–Crippen MR) is 42.0 cm³/mol. The number of aliphatic carboxylic acids is 1. The Morgan fingerprint density at radius 3 is 3.00 bits per heavy atom. The van der Waals surface area contributed by atoms with Crippen molar-refractivity contribution in [3.05, 3.63) is 0 Å². The van der Waals surface area contributed by atoms with Crippen LogP contribution in [0.2, 0.25) is 0 Å². The summed E-state index contributed by atoms with van der Waals surface area (Å²) < 4.78 is 10.2. The molecule has 0 aromatic heterocycles. The normalized spacial score (nSPS) is 31.1. The standard InChI is InChI=1S/C8H14O4/c1-11-7-2-3-12-5-6(4-7)8(9)10/h6-7H,2-5H2,1H3,(H,9,10)/t6-,7-/m0/s1. The van der Waals surface area contributed by atoms with Crippen molar-refractivity contribution in [1.82, 2.24) is 0 Å². The zero-order chi connectivity index (χ0) is 8.97. The quantitative estimate of drug-likeness (QED) is 0.662. The molecule has 0 aliphatic carbocycles. The summed E-state index contributed by atoms with van der Waals surface area (Å²) in [5, 5.41) is 8.74. The minimum atomic E-state index is -0.793. The average molecular weight is 174 g/mol. The lowest BCUT2D eigenvalue weighted by Gasteiger charge is -2.13. The summed E-state index contributed by atoms with van der Waals surface area (Å²) in [7, 11) is 1.61. The first-order valence-corrected chi connectivity index (χ1v) is 4.07. The lowest BCUT2D eigenvalue weighted by molar-refractivity contribution is -0.144. The zero-order valence-corrected chi connectivity index (χ0v) is 7.16. The van der Waals surface area contributed by atoms with Crippen LogP contribution in [0.15, 0.2) is 0 Å². The summed E-state index contributed by atoms with van der Waals surface area (Å²) in [6, 6.07) is 0. The van der Waals surface area contributed by atoms with E-state index in [0.29, 0.717) is 19.6 Å². The molecule has 1 rings (SSSR count). The number of carboxylic acid groups (broad SMARTS) is 1. The van der Waals surface area contributed by atoms with Gasteiger partial charge in [-0.1, -0.05) is 0 Å². The monoisotopic (exact) mass is 174 g/mol. The minimum absolute atomic E-state index is 0.0357. The summed E-state index contributed by atoms with van der Waals surface area (Å²) in [4.78, 5) is 10.6. The molecular formula is C8H14O4. The van der Waals surface area contributed by atoms with Crippen molar-refractivity contribution < 1.29 is 19.4 Å². The van der Waals surface area contributed by atoms with Crippen LogP contribution in [0.3, 0.4) is 0 Å². The highest BCUT2D eigenvalue weighted by atomic mass is 16.5. The highest BCUT2D eigenvalue weighted by Gasteiger charge is 2.25. The van der Waals surface area contributed by atoms with Crippen LogP contribution >= 0.6 is 0 Å². The Labute approximate surface area is 71.5 Å². The van der Waals surface area contributed by atoms with Crippen molar-refractivity contribution >= 4 is 5.97 Å². The van der Waals surface area contributed by atoms with Crippen molar-refractivity contribution in [1.29, 1.82) is 0 Å². The molecular weight excluding hydrogens is 160 g/mol. The largest absolute Gasteiger partial charge is 0.481 e. The molecule has 1 saturated heterocycles. The molecule has 2 atom stereocenters. The molecule has 70 valence electrons. The van der Waals surface area contributed by atoms with Crippen molar-refractivity contribution in [3.8, 4) is 0 Å². The fourth-order valence-electron chi connectivity index (χ4n) is 1.33. The number of rotatable bonds is 2. The second kappa shape index (κ2) is 4.42. The molecule has 1 fully saturated rings. The second-order valence-corrected chi connectivity index (χ2v) is 2.99. The van der Waals surface area contributed by atoms with Crippen molar-refractivity contribution in [2.24, 2.45) is 5.92 Å². The van der Waals surface area contributed by atoms with Gasteiger partial charge in [0.05, 0.1) is 18.6 Å². The van der Waals surface area contributed by atoms with Gasteiger partial charge in [-0.15, -0.1) is 0 Å². The van der Waals surface area contributed by atoms with E-state index < -0.39 is 11.9 Å². The van der Waals surface area contributed by atoms with Gasteiger partial charge in [0.1, 0.15) is 0 Å². The lowest BCUT2D eigenvalue weighted by Crippen LogP contribution is -2.22. The molecule has 1 aliphatic rings. The minimum Gasteiger partial charge on any atom is -0.481 e. The highest BCUT2D eigenvalue weighted by Crippen LogP contribution is 2.17. The van der Waals surface area contributed by atoms with Crippen LogP contribution in [0.5, 0.6) is 0 Å². The Kier molecular flexibility index (Phi) is 3.49. The van der Waals surface area contributed by atoms with Crippen LogP contribution < -0.4 is 0 Å². The SMILES string of the molecule is CO[C@H]1CCOC[C@@H](C(=O)O)C1. The maximum Gasteiger partial charge on any atom is 0.308 e. The van der Waals surface area contributed by atoms with E-state index in [4.69, 9.17) is 14.6 Å². The topological polar surface area (TPSA) is 55.8 Å². The van der Waals surface area contributed by atoms with Crippen LogP contribution in [0.25, 0.3) is 0 Å². The van der Waals surface area contributed by atoms with Crippen LogP contribution in [-0.4, -0.2) is 37.5 Å². The molecule has 1 aliphatic heterocycles. The van der Waals surface area contributed by atoms with Gasteiger partial charge in [0.15, 0.2) is 0 Å². The van der Waals surface area contributed by atoms with E-state index in [1.165, 1.54) is 0 Å². The molecule has 0 spiro atoms. The Morgan fingerprint density at radius 2 is 2.42 bits per heavy atom. The first kappa shape index (κ1) is 9.48. The number of carboxylic acids is 1. The van der Waals surface area contributed by atoms with Gasteiger partial charge in [-0.05, 0) is 12.8 Å².